The number of benzene rings is 10. The second kappa shape index (κ2) is 11.2. The minimum Gasteiger partial charge on any atom is -0.456 e. The number of hydrogen-bond donors (Lipinski definition) is 0. The van der Waals surface area contributed by atoms with E-state index in [0.29, 0.717) is 0 Å². The molecule has 14 rings (SSSR count). The van der Waals surface area contributed by atoms with Crippen molar-refractivity contribution in [2.45, 2.75) is 5.41 Å². The molecule has 1 atom stereocenters. The molecule has 10 aromatic carbocycles. The number of ether oxygens (including phenoxy) is 1. The molecule has 0 amide bonds. The largest absolute Gasteiger partial charge is 0.456 e. The van der Waals surface area contributed by atoms with Crippen LogP contribution in [0.25, 0.3) is 99.1 Å². The van der Waals surface area contributed by atoms with Gasteiger partial charge in [-0.05, 0) is 125 Å². The zero-order chi connectivity index (χ0) is 38.4. The van der Waals surface area contributed by atoms with Gasteiger partial charge < -0.3 is 9.15 Å². The van der Waals surface area contributed by atoms with Crippen molar-refractivity contribution in [3.05, 3.63) is 216 Å². The zero-order valence-corrected chi connectivity index (χ0v) is 31.8. The Morgan fingerprint density at radius 1 is 0.322 bits per heavy atom. The van der Waals surface area contributed by atoms with Crippen molar-refractivity contribution in [3.63, 3.8) is 0 Å². The van der Waals surface area contributed by atoms with Crippen LogP contribution < -0.4 is 4.74 Å². The van der Waals surface area contributed by atoms with Crippen molar-refractivity contribution in [3.8, 4) is 67.1 Å². The van der Waals surface area contributed by atoms with Crippen LogP contribution in [0.15, 0.2) is 199 Å². The summed E-state index contributed by atoms with van der Waals surface area (Å²) in [6.07, 6.45) is 0. The van der Waals surface area contributed by atoms with Gasteiger partial charge in [0.1, 0.15) is 22.7 Å². The van der Waals surface area contributed by atoms with Gasteiger partial charge >= 0.3 is 0 Å². The summed E-state index contributed by atoms with van der Waals surface area (Å²) in [5.41, 5.74) is 18.9. The van der Waals surface area contributed by atoms with Crippen LogP contribution in [-0.4, -0.2) is 0 Å². The molecule has 2 nitrogen and oxygen atoms in total. The van der Waals surface area contributed by atoms with E-state index < -0.39 is 5.41 Å². The maximum Gasteiger partial charge on any atom is 0.135 e. The Morgan fingerprint density at radius 2 is 0.932 bits per heavy atom. The molecule has 3 aliphatic rings. The summed E-state index contributed by atoms with van der Waals surface area (Å²) in [5, 5.41) is 7.21. The van der Waals surface area contributed by atoms with Crippen LogP contribution in [0.5, 0.6) is 11.5 Å². The summed E-state index contributed by atoms with van der Waals surface area (Å²) < 4.78 is 12.9. The van der Waals surface area contributed by atoms with E-state index in [-0.39, 0.29) is 0 Å². The first-order valence-electron chi connectivity index (χ1n) is 20.4. The van der Waals surface area contributed by atoms with E-state index in [1.807, 2.05) is 12.1 Å². The van der Waals surface area contributed by atoms with E-state index in [1.54, 1.807) is 0 Å². The lowest BCUT2D eigenvalue weighted by molar-refractivity contribution is 0.487. The summed E-state index contributed by atoms with van der Waals surface area (Å²) in [6, 6.07) is 71.4. The number of furan rings is 1. The Labute approximate surface area is 340 Å². The van der Waals surface area contributed by atoms with Gasteiger partial charge in [-0.15, -0.1) is 0 Å². The highest BCUT2D eigenvalue weighted by molar-refractivity contribution is 6.14. The Kier molecular flexibility index (Phi) is 5.99. The van der Waals surface area contributed by atoms with Crippen LogP contribution in [0.2, 0.25) is 0 Å². The van der Waals surface area contributed by atoms with E-state index in [4.69, 9.17) is 9.15 Å². The van der Waals surface area contributed by atoms with Gasteiger partial charge in [0.15, 0.2) is 0 Å². The Balaban J connectivity index is 0.991. The van der Waals surface area contributed by atoms with Gasteiger partial charge in [0.2, 0.25) is 0 Å². The monoisotopic (exact) mass is 748 g/mol. The van der Waals surface area contributed by atoms with Gasteiger partial charge in [0, 0.05) is 21.7 Å². The average molecular weight is 749 g/mol. The number of fused-ring (bicyclic) bond motifs is 14. The van der Waals surface area contributed by atoms with Crippen LogP contribution in [0.1, 0.15) is 22.3 Å². The molecule has 1 aromatic heterocycles. The van der Waals surface area contributed by atoms with Gasteiger partial charge in [-0.3, -0.25) is 0 Å². The molecule has 2 heterocycles. The number of rotatable bonds is 2. The van der Waals surface area contributed by atoms with E-state index in [2.05, 4.69) is 182 Å². The molecule has 272 valence electrons. The molecule has 1 unspecified atom stereocenters. The fourth-order valence-electron chi connectivity index (χ4n) is 11.2. The molecule has 11 aromatic rings. The summed E-state index contributed by atoms with van der Waals surface area (Å²) >= 11 is 0. The van der Waals surface area contributed by atoms with E-state index in [1.165, 1.54) is 77.4 Å². The van der Waals surface area contributed by atoms with Gasteiger partial charge in [-0.1, -0.05) is 158 Å². The van der Waals surface area contributed by atoms with Gasteiger partial charge in [0.05, 0.1) is 5.41 Å². The van der Waals surface area contributed by atoms with Crippen LogP contribution in [-0.2, 0) is 5.41 Å². The lowest BCUT2D eigenvalue weighted by Gasteiger charge is -2.40. The smallest absolute Gasteiger partial charge is 0.135 e. The third-order valence-electron chi connectivity index (χ3n) is 13.5. The highest BCUT2D eigenvalue weighted by Gasteiger charge is 2.50. The lowest BCUT2D eigenvalue weighted by Crippen LogP contribution is -2.31. The van der Waals surface area contributed by atoms with E-state index >= 15 is 0 Å². The lowest BCUT2D eigenvalue weighted by atomic mass is 9.61. The Hall–Kier alpha value is -7.68. The molecule has 2 aliphatic carbocycles. The predicted octanol–water partition coefficient (Wildman–Crippen LogP) is 15.3. The van der Waals surface area contributed by atoms with Crippen LogP contribution in [0.4, 0.5) is 0 Å². The standard InChI is InChI=1S/C57H32O2/c1-4-20-46-37(13-1)41-16-7-11-33-12-8-22-48(54(33)41)57(46)47-21-5-2-15-43(47)55-39(19-10-23-49(55)57)36-27-30-53-56-40(36)17-9-18-42(56)45-32-35(26-29-52(45)59-53)34-25-28-51-44(31-34)38-14-3-6-24-50(38)58-51/h1-32H. The Bertz CT molecular complexity index is 3650. The molecule has 0 saturated carbocycles. The minimum atomic E-state index is -0.469. The molecule has 1 spiro atoms. The highest BCUT2D eigenvalue weighted by atomic mass is 16.5. The normalized spacial score (nSPS) is 15.3. The summed E-state index contributed by atoms with van der Waals surface area (Å²) in [5.74, 6) is 1.76. The van der Waals surface area contributed by atoms with Crippen molar-refractivity contribution in [2.24, 2.45) is 0 Å². The second-order valence-electron chi connectivity index (χ2n) is 16.2. The first-order chi connectivity index (χ1) is 29.3. The fourth-order valence-corrected chi connectivity index (χ4v) is 11.2. The first-order valence-corrected chi connectivity index (χ1v) is 20.4. The van der Waals surface area contributed by atoms with E-state index in [0.717, 1.165) is 55.5 Å². The van der Waals surface area contributed by atoms with Crippen molar-refractivity contribution in [2.75, 3.05) is 0 Å². The van der Waals surface area contributed by atoms with Crippen molar-refractivity contribution >= 4 is 43.5 Å². The summed E-state index contributed by atoms with van der Waals surface area (Å²) in [6.45, 7) is 0. The van der Waals surface area contributed by atoms with Crippen LogP contribution in [0, 0.1) is 0 Å². The van der Waals surface area contributed by atoms with Crippen molar-refractivity contribution < 1.29 is 9.15 Å². The topological polar surface area (TPSA) is 22.4 Å². The van der Waals surface area contributed by atoms with Crippen LogP contribution in [0.3, 0.4) is 0 Å². The molecular formula is C57H32O2. The first kappa shape index (κ1) is 31.4. The highest BCUT2D eigenvalue weighted by Crippen LogP contribution is 2.63. The molecule has 0 radical (unpaired) electrons. The third-order valence-corrected chi connectivity index (χ3v) is 13.5. The molecule has 59 heavy (non-hydrogen) atoms. The molecule has 1 aliphatic heterocycles. The zero-order valence-electron chi connectivity index (χ0n) is 31.8. The minimum absolute atomic E-state index is 0.469. The third kappa shape index (κ3) is 3.96. The second-order valence-corrected chi connectivity index (χ2v) is 16.2. The molecule has 0 saturated heterocycles. The molecule has 2 heteroatoms. The Morgan fingerprint density at radius 3 is 1.85 bits per heavy atom. The predicted molar refractivity (Wildman–Crippen MR) is 241 cm³/mol. The molecule has 0 fully saturated rings. The summed E-state index contributed by atoms with van der Waals surface area (Å²) in [4.78, 5) is 0. The SMILES string of the molecule is c1ccc2c(c1)-c1c(-c3ccc4c5c(cccc35)-c3cc(-c5ccc6oc7ccccc7c6c5)ccc3O4)cccc1C21c2ccccc2-c2cccc3cccc1c23. The molecular weight excluding hydrogens is 717 g/mol. The summed E-state index contributed by atoms with van der Waals surface area (Å²) in [7, 11) is 0. The fraction of sp³-hybridized carbons (Fsp3) is 0.0175. The molecule has 0 bridgehead atoms. The van der Waals surface area contributed by atoms with Gasteiger partial charge in [0.25, 0.3) is 0 Å². The number of para-hydroxylation sites is 1. The maximum absolute atomic E-state index is 6.78. The maximum atomic E-state index is 6.78. The molecule has 0 N–H and O–H groups in total. The van der Waals surface area contributed by atoms with Gasteiger partial charge in [-0.2, -0.15) is 0 Å². The van der Waals surface area contributed by atoms with Gasteiger partial charge in [-0.25, -0.2) is 0 Å². The van der Waals surface area contributed by atoms with Crippen molar-refractivity contribution in [1.82, 2.24) is 0 Å². The van der Waals surface area contributed by atoms with Crippen molar-refractivity contribution in [1.29, 1.82) is 0 Å². The quantitative estimate of drug-likeness (QED) is 0.176. The van der Waals surface area contributed by atoms with Crippen LogP contribution >= 0.6 is 0 Å². The number of hydrogen-bond acceptors (Lipinski definition) is 2. The average Bonchev–Trinajstić information content (AvgIpc) is 3.82. The van der Waals surface area contributed by atoms with E-state index in [9.17, 15) is 0 Å².